The monoisotopic (exact) mass is 289 g/mol. The number of rotatable bonds is 7. The predicted molar refractivity (Wildman–Crippen MR) is 88.5 cm³/mol. The highest BCUT2D eigenvalue weighted by atomic mass is 32.1. The molecule has 1 N–H and O–H groups in total. The second-order valence-electron chi connectivity index (χ2n) is 4.59. The summed E-state index contributed by atoms with van der Waals surface area (Å²) in [4.78, 5) is 8.45. The summed E-state index contributed by atoms with van der Waals surface area (Å²) in [6.07, 6.45) is 0. The van der Waals surface area contributed by atoms with Crippen LogP contribution in [0.3, 0.4) is 0 Å². The van der Waals surface area contributed by atoms with E-state index >= 15 is 0 Å². The van der Waals surface area contributed by atoms with Crippen LogP contribution in [0.1, 0.15) is 26.5 Å². The Labute approximate surface area is 125 Å². The van der Waals surface area contributed by atoms with Gasteiger partial charge in [0.25, 0.3) is 0 Å². The molecule has 0 amide bonds. The van der Waals surface area contributed by atoms with Crippen molar-refractivity contribution in [2.75, 3.05) is 24.5 Å². The Morgan fingerprint density at radius 2 is 1.80 bits per heavy atom. The van der Waals surface area contributed by atoms with Gasteiger partial charge in [0.1, 0.15) is 0 Å². The van der Waals surface area contributed by atoms with Gasteiger partial charge in [0.05, 0.1) is 10.6 Å². The van der Waals surface area contributed by atoms with Crippen LogP contribution in [0.4, 0.5) is 5.13 Å². The van der Waals surface area contributed by atoms with Crippen LogP contribution in [0.5, 0.6) is 0 Å². The molecule has 1 aromatic heterocycles. The van der Waals surface area contributed by atoms with Gasteiger partial charge in [-0.05, 0) is 26.0 Å². The van der Waals surface area contributed by atoms with E-state index in [-0.39, 0.29) is 0 Å². The molecule has 0 saturated heterocycles. The Bertz CT molecular complexity index is 518. The first-order valence-corrected chi connectivity index (χ1v) is 8.12. The summed E-state index contributed by atoms with van der Waals surface area (Å²) in [7, 11) is 0. The zero-order valence-corrected chi connectivity index (χ0v) is 13.3. The van der Waals surface area contributed by atoms with Gasteiger partial charge in [-0.2, -0.15) is 0 Å². The lowest BCUT2D eigenvalue weighted by molar-refractivity contribution is 0.713. The van der Waals surface area contributed by atoms with Crippen LogP contribution in [-0.4, -0.2) is 24.6 Å². The first-order valence-electron chi connectivity index (χ1n) is 7.30. The summed E-state index contributed by atoms with van der Waals surface area (Å²) in [6.45, 7) is 10.3. The van der Waals surface area contributed by atoms with E-state index in [2.05, 4.69) is 61.3 Å². The van der Waals surface area contributed by atoms with Gasteiger partial charge in [-0.15, -0.1) is 0 Å². The second-order valence-corrected chi connectivity index (χ2v) is 5.57. The van der Waals surface area contributed by atoms with Crippen LogP contribution in [0.2, 0.25) is 0 Å². The summed E-state index contributed by atoms with van der Waals surface area (Å²) >= 11 is 1.80. The van der Waals surface area contributed by atoms with Gasteiger partial charge in [0.15, 0.2) is 5.13 Å². The number of hydrogen-bond acceptors (Lipinski definition) is 4. The number of anilines is 1. The molecule has 1 heterocycles. The molecule has 0 bridgehead atoms. The predicted octanol–water partition coefficient (Wildman–Crippen LogP) is 3.77. The summed E-state index contributed by atoms with van der Waals surface area (Å²) in [6, 6.07) is 10.6. The van der Waals surface area contributed by atoms with Gasteiger partial charge in [-0.1, -0.05) is 48.6 Å². The summed E-state index contributed by atoms with van der Waals surface area (Å²) in [5, 5.41) is 4.52. The molecule has 0 atom stereocenters. The molecule has 0 radical (unpaired) electrons. The number of hydrogen-bond donors (Lipinski definition) is 1. The van der Waals surface area contributed by atoms with E-state index in [4.69, 9.17) is 4.98 Å². The highest BCUT2D eigenvalue weighted by Gasteiger charge is 2.15. The number of benzene rings is 1. The lowest BCUT2D eigenvalue weighted by Crippen LogP contribution is -2.21. The fraction of sp³-hybridized carbons (Fsp3) is 0.438. The molecule has 0 aliphatic rings. The molecule has 0 unspecified atom stereocenters. The molecule has 1 aromatic carbocycles. The zero-order chi connectivity index (χ0) is 14.4. The van der Waals surface area contributed by atoms with Crippen molar-refractivity contribution in [2.45, 2.75) is 27.3 Å². The Hall–Kier alpha value is -1.39. The van der Waals surface area contributed by atoms with E-state index < -0.39 is 0 Å². The third kappa shape index (κ3) is 3.38. The third-order valence-electron chi connectivity index (χ3n) is 3.30. The summed E-state index contributed by atoms with van der Waals surface area (Å²) in [5.41, 5.74) is 2.42. The molecule has 4 heteroatoms. The maximum Gasteiger partial charge on any atom is 0.186 e. The largest absolute Gasteiger partial charge is 0.349 e. The van der Waals surface area contributed by atoms with Crippen molar-refractivity contribution in [2.24, 2.45) is 0 Å². The number of aromatic nitrogens is 1. The smallest absolute Gasteiger partial charge is 0.186 e. The van der Waals surface area contributed by atoms with E-state index in [1.807, 2.05) is 0 Å². The van der Waals surface area contributed by atoms with Gasteiger partial charge < -0.3 is 10.2 Å². The molecule has 2 aromatic rings. The minimum absolute atomic E-state index is 0.832. The van der Waals surface area contributed by atoms with Crippen molar-refractivity contribution < 1.29 is 0 Å². The SMILES string of the molecule is CCNCc1nc(N(CC)CC)sc1-c1ccccc1. The van der Waals surface area contributed by atoms with E-state index in [9.17, 15) is 0 Å². The highest BCUT2D eigenvalue weighted by molar-refractivity contribution is 7.19. The maximum absolute atomic E-state index is 4.85. The quantitative estimate of drug-likeness (QED) is 0.841. The minimum atomic E-state index is 0.832. The van der Waals surface area contributed by atoms with E-state index in [1.165, 1.54) is 10.4 Å². The molecule has 108 valence electrons. The second kappa shape index (κ2) is 7.41. The number of nitrogens with zero attached hydrogens (tertiary/aromatic N) is 2. The van der Waals surface area contributed by atoms with Crippen molar-refractivity contribution in [3.8, 4) is 10.4 Å². The van der Waals surface area contributed by atoms with Crippen LogP contribution in [0.15, 0.2) is 30.3 Å². The molecule has 0 aliphatic heterocycles. The van der Waals surface area contributed by atoms with Gasteiger partial charge in [0, 0.05) is 19.6 Å². The normalized spacial score (nSPS) is 10.8. The average Bonchev–Trinajstić information content (AvgIpc) is 2.91. The van der Waals surface area contributed by atoms with Crippen LogP contribution >= 0.6 is 11.3 Å². The topological polar surface area (TPSA) is 28.2 Å². The Morgan fingerprint density at radius 1 is 1.10 bits per heavy atom. The van der Waals surface area contributed by atoms with Gasteiger partial charge >= 0.3 is 0 Å². The molecular weight excluding hydrogens is 266 g/mol. The summed E-state index contributed by atoms with van der Waals surface area (Å²) < 4.78 is 0. The van der Waals surface area contributed by atoms with Gasteiger partial charge in [-0.3, -0.25) is 0 Å². The van der Waals surface area contributed by atoms with Crippen LogP contribution in [0, 0.1) is 0 Å². The van der Waals surface area contributed by atoms with Gasteiger partial charge in [0.2, 0.25) is 0 Å². The number of nitrogens with one attached hydrogen (secondary N) is 1. The molecule has 2 rings (SSSR count). The van der Waals surface area contributed by atoms with E-state index in [1.54, 1.807) is 11.3 Å². The number of thiazole rings is 1. The average molecular weight is 289 g/mol. The van der Waals surface area contributed by atoms with Crippen LogP contribution in [-0.2, 0) is 6.54 Å². The molecule has 0 saturated carbocycles. The molecular formula is C16H23N3S. The Morgan fingerprint density at radius 3 is 2.40 bits per heavy atom. The fourth-order valence-corrected chi connectivity index (χ4v) is 3.36. The van der Waals surface area contributed by atoms with Crippen molar-refractivity contribution in [1.29, 1.82) is 0 Å². The van der Waals surface area contributed by atoms with E-state index in [0.717, 1.165) is 37.0 Å². The Balaban J connectivity index is 2.37. The fourth-order valence-electron chi connectivity index (χ4n) is 2.15. The van der Waals surface area contributed by atoms with E-state index in [0.29, 0.717) is 0 Å². The van der Waals surface area contributed by atoms with Gasteiger partial charge in [-0.25, -0.2) is 4.98 Å². The van der Waals surface area contributed by atoms with Crippen molar-refractivity contribution >= 4 is 16.5 Å². The molecule has 20 heavy (non-hydrogen) atoms. The molecule has 0 aliphatic carbocycles. The minimum Gasteiger partial charge on any atom is -0.349 e. The van der Waals surface area contributed by atoms with Crippen molar-refractivity contribution in [3.05, 3.63) is 36.0 Å². The van der Waals surface area contributed by atoms with Crippen molar-refractivity contribution in [1.82, 2.24) is 10.3 Å². The van der Waals surface area contributed by atoms with Crippen LogP contribution < -0.4 is 10.2 Å². The first-order chi connectivity index (χ1) is 9.80. The molecule has 0 spiro atoms. The lowest BCUT2D eigenvalue weighted by atomic mass is 10.1. The van der Waals surface area contributed by atoms with Crippen molar-refractivity contribution in [3.63, 3.8) is 0 Å². The maximum atomic E-state index is 4.85. The standard InChI is InChI=1S/C16H23N3S/c1-4-17-12-14-15(13-10-8-7-9-11-13)20-16(18-14)19(5-2)6-3/h7-11,17H,4-6,12H2,1-3H3. The Kier molecular flexibility index (Phi) is 5.56. The highest BCUT2D eigenvalue weighted by Crippen LogP contribution is 2.34. The lowest BCUT2D eigenvalue weighted by Gasteiger charge is -2.16. The molecule has 0 fully saturated rings. The van der Waals surface area contributed by atoms with Crippen LogP contribution in [0.25, 0.3) is 10.4 Å². The summed E-state index contributed by atoms with van der Waals surface area (Å²) in [5.74, 6) is 0. The molecule has 3 nitrogen and oxygen atoms in total. The zero-order valence-electron chi connectivity index (χ0n) is 12.5. The first kappa shape index (κ1) is 15.0. The third-order valence-corrected chi connectivity index (χ3v) is 4.51.